The summed E-state index contributed by atoms with van der Waals surface area (Å²) in [5.41, 5.74) is 0.506. The van der Waals surface area contributed by atoms with Gasteiger partial charge < -0.3 is 14.8 Å². The second-order valence-corrected chi connectivity index (χ2v) is 9.40. The summed E-state index contributed by atoms with van der Waals surface area (Å²) >= 11 is 0. The molecule has 2 saturated heterocycles. The van der Waals surface area contributed by atoms with E-state index in [1.165, 1.54) is 0 Å². The molecular formula is C18H24N2O5S. The molecule has 7 nitrogen and oxygen atoms in total. The summed E-state index contributed by atoms with van der Waals surface area (Å²) in [5.74, 6) is 1.56. The van der Waals surface area contributed by atoms with Crippen LogP contribution in [0.1, 0.15) is 29.6 Å². The minimum absolute atomic E-state index is 0.0946. The first kappa shape index (κ1) is 17.6. The molecule has 2 fully saturated rings. The van der Waals surface area contributed by atoms with E-state index in [-0.39, 0.29) is 23.7 Å². The highest BCUT2D eigenvalue weighted by atomic mass is 32.2. The lowest BCUT2D eigenvalue weighted by Crippen LogP contribution is -2.48. The number of carbonyl (C=O) groups is 1. The Morgan fingerprint density at radius 1 is 1.12 bits per heavy atom. The van der Waals surface area contributed by atoms with Crippen molar-refractivity contribution in [3.8, 4) is 11.5 Å². The molecule has 1 N–H and O–H groups in total. The Labute approximate surface area is 153 Å². The van der Waals surface area contributed by atoms with Crippen LogP contribution in [-0.2, 0) is 9.84 Å². The van der Waals surface area contributed by atoms with E-state index >= 15 is 0 Å². The predicted molar refractivity (Wildman–Crippen MR) is 96.6 cm³/mol. The molecule has 3 heterocycles. The maximum atomic E-state index is 12.7. The number of benzene rings is 1. The van der Waals surface area contributed by atoms with Gasteiger partial charge in [0.25, 0.3) is 5.91 Å². The Balaban J connectivity index is 1.34. The van der Waals surface area contributed by atoms with Crippen molar-refractivity contribution in [1.29, 1.82) is 0 Å². The first-order valence-electron chi connectivity index (χ1n) is 9.16. The molecule has 3 aliphatic rings. The molecule has 4 rings (SSSR count). The highest BCUT2D eigenvalue weighted by Gasteiger charge is 2.34. The van der Waals surface area contributed by atoms with Gasteiger partial charge in [0.15, 0.2) is 21.3 Å². The van der Waals surface area contributed by atoms with Crippen LogP contribution in [0, 0.1) is 0 Å². The number of sulfone groups is 1. The Kier molecular flexibility index (Phi) is 4.79. The standard InChI is InChI=1S/C18H24N2O5S/c21-18(15-2-1-3-16-17(15)25-10-9-24-16)19-13-4-7-20(8-5-13)14-6-11-26(22,23)12-14/h1-3,13-14H,4-12H2,(H,19,21). The summed E-state index contributed by atoms with van der Waals surface area (Å²) in [5, 5.41) is 3.09. The van der Waals surface area contributed by atoms with Gasteiger partial charge in [-0.15, -0.1) is 0 Å². The van der Waals surface area contributed by atoms with Crippen molar-refractivity contribution in [3.05, 3.63) is 23.8 Å². The second kappa shape index (κ2) is 7.08. The van der Waals surface area contributed by atoms with Gasteiger partial charge in [-0.3, -0.25) is 9.69 Å². The minimum Gasteiger partial charge on any atom is -0.486 e. The topological polar surface area (TPSA) is 84.9 Å². The molecular weight excluding hydrogens is 356 g/mol. The largest absolute Gasteiger partial charge is 0.486 e. The van der Waals surface area contributed by atoms with E-state index in [2.05, 4.69) is 10.2 Å². The number of rotatable bonds is 3. The summed E-state index contributed by atoms with van der Waals surface area (Å²) in [6.07, 6.45) is 2.39. The third-order valence-corrected chi connectivity index (χ3v) is 7.15. The molecule has 0 aliphatic carbocycles. The molecule has 1 aromatic rings. The maximum Gasteiger partial charge on any atom is 0.255 e. The van der Waals surface area contributed by atoms with Crippen LogP contribution in [0.15, 0.2) is 18.2 Å². The number of nitrogens with one attached hydrogen (secondary N) is 1. The van der Waals surface area contributed by atoms with E-state index in [0.29, 0.717) is 36.0 Å². The molecule has 26 heavy (non-hydrogen) atoms. The van der Waals surface area contributed by atoms with Crippen molar-refractivity contribution in [3.63, 3.8) is 0 Å². The van der Waals surface area contributed by atoms with E-state index in [1.54, 1.807) is 18.2 Å². The third kappa shape index (κ3) is 3.66. The molecule has 142 valence electrons. The summed E-state index contributed by atoms with van der Waals surface area (Å²) in [6.45, 7) is 2.57. The molecule has 0 spiro atoms. The quantitative estimate of drug-likeness (QED) is 0.837. The van der Waals surface area contributed by atoms with Crippen LogP contribution in [0.25, 0.3) is 0 Å². The number of hydrogen-bond donors (Lipinski definition) is 1. The molecule has 0 saturated carbocycles. The fraction of sp³-hybridized carbons (Fsp3) is 0.611. The second-order valence-electron chi connectivity index (χ2n) is 7.17. The molecule has 1 unspecified atom stereocenters. The number of likely N-dealkylation sites (tertiary alicyclic amines) is 1. The van der Waals surface area contributed by atoms with Crippen molar-refractivity contribution in [2.45, 2.75) is 31.3 Å². The van der Waals surface area contributed by atoms with Crippen LogP contribution in [0.3, 0.4) is 0 Å². The number of fused-ring (bicyclic) bond motifs is 1. The fourth-order valence-corrected chi connectivity index (χ4v) is 5.75. The Hall–Kier alpha value is -1.80. The van der Waals surface area contributed by atoms with Crippen LogP contribution < -0.4 is 14.8 Å². The van der Waals surface area contributed by atoms with Crippen molar-refractivity contribution < 1.29 is 22.7 Å². The van der Waals surface area contributed by atoms with E-state index in [1.807, 2.05) is 0 Å². The van der Waals surface area contributed by atoms with Gasteiger partial charge in [0.2, 0.25) is 0 Å². The molecule has 1 atom stereocenters. The summed E-state index contributed by atoms with van der Waals surface area (Å²) in [6, 6.07) is 5.59. The maximum absolute atomic E-state index is 12.7. The number of nitrogens with zero attached hydrogens (tertiary/aromatic N) is 1. The number of para-hydroxylation sites is 1. The van der Waals surface area contributed by atoms with Crippen LogP contribution >= 0.6 is 0 Å². The summed E-state index contributed by atoms with van der Waals surface area (Å²) < 4.78 is 34.5. The SMILES string of the molecule is O=C(NC1CCN(C2CCS(=O)(=O)C2)CC1)c1cccc2c1OCCO2. The average molecular weight is 380 g/mol. The lowest BCUT2D eigenvalue weighted by molar-refractivity contribution is 0.0887. The number of carbonyl (C=O) groups excluding carboxylic acids is 1. The Bertz CT molecular complexity index is 787. The predicted octanol–water partition coefficient (Wildman–Crippen LogP) is 0.839. The zero-order chi connectivity index (χ0) is 18.1. The molecule has 8 heteroatoms. The monoisotopic (exact) mass is 380 g/mol. The lowest BCUT2D eigenvalue weighted by Gasteiger charge is -2.35. The van der Waals surface area contributed by atoms with Gasteiger partial charge in [-0.2, -0.15) is 0 Å². The van der Waals surface area contributed by atoms with Crippen LogP contribution in [0.5, 0.6) is 11.5 Å². The van der Waals surface area contributed by atoms with Gasteiger partial charge in [0.05, 0.1) is 17.1 Å². The highest BCUT2D eigenvalue weighted by Crippen LogP contribution is 2.33. The van der Waals surface area contributed by atoms with Gasteiger partial charge in [0.1, 0.15) is 13.2 Å². The third-order valence-electron chi connectivity index (χ3n) is 5.40. The first-order chi connectivity index (χ1) is 12.5. The molecule has 1 aromatic carbocycles. The van der Waals surface area contributed by atoms with Gasteiger partial charge in [-0.1, -0.05) is 6.07 Å². The number of piperidine rings is 1. The van der Waals surface area contributed by atoms with Crippen molar-refractivity contribution in [2.75, 3.05) is 37.8 Å². The highest BCUT2D eigenvalue weighted by molar-refractivity contribution is 7.91. The van der Waals surface area contributed by atoms with Crippen LogP contribution in [0.4, 0.5) is 0 Å². The smallest absolute Gasteiger partial charge is 0.255 e. The normalized spacial score (nSPS) is 25.8. The van der Waals surface area contributed by atoms with Gasteiger partial charge in [0, 0.05) is 25.2 Å². The minimum atomic E-state index is -2.86. The van der Waals surface area contributed by atoms with Crippen molar-refractivity contribution in [2.24, 2.45) is 0 Å². The van der Waals surface area contributed by atoms with E-state index in [9.17, 15) is 13.2 Å². The average Bonchev–Trinajstić information content (AvgIpc) is 3.01. The van der Waals surface area contributed by atoms with E-state index < -0.39 is 9.84 Å². The van der Waals surface area contributed by atoms with Gasteiger partial charge >= 0.3 is 0 Å². The van der Waals surface area contributed by atoms with Gasteiger partial charge in [-0.05, 0) is 31.4 Å². The fourth-order valence-electron chi connectivity index (χ4n) is 3.99. The van der Waals surface area contributed by atoms with E-state index in [0.717, 1.165) is 32.4 Å². The van der Waals surface area contributed by atoms with Crippen LogP contribution in [0.2, 0.25) is 0 Å². The van der Waals surface area contributed by atoms with Crippen molar-refractivity contribution in [1.82, 2.24) is 10.2 Å². The van der Waals surface area contributed by atoms with Crippen molar-refractivity contribution >= 4 is 15.7 Å². The molecule has 3 aliphatic heterocycles. The summed E-state index contributed by atoms with van der Waals surface area (Å²) in [4.78, 5) is 14.9. The molecule has 1 amide bonds. The van der Waals surface area contributed by atoms with Gasteiger partial charge in [-0.25, -0.2) is 8.42 Å². The Morgan fingerprint density at radius 2 is 1.88 bits per heavy atom. The first-order valence-corrected chi connectivity index (χ1v) is 11.0. The van der Waals surface area contributed by atoms with Crippen LogP contribution in [-0.4, -0.2) is 69.1 Å². The molecule has 0 aromatic heterocycles. The number of hydrogen-bond acceptors (Lipinski definition) is 6. The number of amides is 1. The molecule has 0 radical (unpaired) electrons. The number of ether oxygens (including phenoxy) is 2. The van der Waals surface area contributed by atoms with E-state index in [4.69, 9.17) is 9.47 Å². The molecule has 0 bridgehead atoms. The Morgan fingerprint density at radius 3 is 2.62 bits per heavy atom. The zero-order valence-corrected chi connectivity index (χ0v) is 15.5. The lowest BCUT2D eigenvalue weighted by atomic mass is 10.0. The summed E-state index contributed by atoms with van der Waals surface area (Å²) in [7, 11) is -2.86. The zero-order valence-electron chi connectivity index (χ0n) is 14.6.